The van der Waals surface area contributed by atoms with Gasteiger partial charge in [-0.3, -0.25) is 4.79 Å². The van der Waals surface area contributed by atoms with Gasteiger partial charge in [-0.15, -0.1) is 0 Å². The van der Waals surface area contributed by atoms with Gasteiger partial charge in [0.15, 0.2) is 6.79 Å². The van der Waals surface area contributed by atoms with Crippen molar-refractivity contribution in [2.75, 3.05) is 6.79 Å². The molecular formula is C11H14O3. The number of hydrogen-bond donors (Lipinski definition) is 1. The van der Waals surface area contributed by atoms with E-state index in [1.165, 1.54) is 0 Å². The van der Waals surface area contributed by atoms with Crippen LogP contribution in [-0.2, 0) is 11.2 Å². The lowest BCUT2D eigenvalue weighted by atomic mass is 10.1. The molecule has 1 aromatic carbocycles. The van der Waals surface area contributed by atoms with Crippen LogP contribution in [0.25, 0.3) is 0 Å². The van der Waals surface area contributed by atoms with E-state index in [0.717, 1.165) is 5.56 Å². The number of hydrogen-bond acceptors (Lipinski definition) is 3. The number of ether oxygens (including phenoxy) is 1. The molecule has 0 fully saturated rings. The number of aliphatic hydroxyl groups is 1. The zero-order chi connectivity index (χ0) is 10.4. The molecule has 0 aliphatic heterocycles. The fourth-order valence-electron chi connectivity index (χ4n) is 1.17. The molecule has 1 rings (SSSR count). The second-order valence-electron chi connectivity index (χ2n) is 2.99. The van der Waals surface area contributed by atoms with Crippen molar-refractivity contribution in [1.82, 2.24) is 0 Å². The first-order valence-corrected chi connectivity index (χ1v) is 4.60. The van der Waals surface area contributed by atoms with Crippen LogP contribution in [0.15, 0.2) is 24.3 Å². The summed E-state index contributed by atoms with van der Waals surface area (Å²) in [5, 5.41) is 8.55. The van der Waals surface area contributed by atoms with Crippen LogP contribution in [0, 0.1) is 0 Å². The molecule has 0 bridgehead atoms. The first-order chi connectivity index (χ1) is 6.76. The summed E-state index contributed by atoms with van der Waals surface area (Å²) in [5.41, 5.74) is 0.919. The predicted octanol–water partition coefficient (Wildman–Crippen LogP) is 1.54. The molecule has 0 radical (unpaired) electrons. The summed E-state index contributed by atoms with van der Waals surface area (Å²) in [6, 6.07) is 7.20. The molecule has 1 N–H and O–H groups in total. The zero-order valence-corrected chi connectivity index (χ0v) is 8.19. The third-order valence-electron chi connectivity index (χ3n) is 1.93. The molecule has 0 saturated carbocycles. The van der Waals surface area contributed by atoms with Crippen LogP contribution in [0.2, 0.25) is 0 Å². The summed E-state index contributed by atoms with van der Waals surface area (Å²) in [6.07, 6.45) is 0.976. The molecule has 0 aliphatic carbocycles. The number of carbonyl (C=O) groups is 1. The van der Waals surface area contributed by atoms with Gasteiger partial charge in [0.1, 0.15) is 11.5 Å². The number of ketones is 1. The van der Waals surface area contributed by atoms with Crippen molar-refractivity contribution >= 4 is 5.78 Å². The van der Waals surface area contributed by atoms with Crippen molar-refractivity contribution in [3.63, 3.8) is 0 Å². The summed E-state index contributed by atoms with van der Waals surface area (Å²) in [5.74, 6) is 0.792. The smallest absolute Gasteiger partial charge is 0.186 e. The summed E-state index contributed by atoms with van der Waals surface area (Å²) >= 11 is 0. The van der Waals surface area contributed by atoms with E-state index < -0.39 is 0 Å². The van der Waals surface area contributed by atoms with Crippen molar-refractivity contribution in [3.05, 3.63) is 29.8 Å². The Balaban J connectivity index is 2.68. The molecule has 3 heteroatoms. The molecule has 14 heavy (non-hydrogen) atoms. The molecule has 0 unspecified atom stereocenters. The molecule has 0 aromatic heterocycles. The van der Waals surface area contributed by atoms with E-state index in [2.05, 4.69) is 0 Å². The van der Waals surface area contributed by atoms with Gasteiger partial charge in [0, 0.05) is 12.8 Å². The van der Waals surface area contributed by atoms with Crippen molar-refractivity contribution in [3.8, 4) is 5.75 Å². The molecule has 0 saturated heterocycles. The van der Waals surface area contributed by atoms with Crippen LogP contribution in [0.5, 0.6) is 5.75 Å². The average molecular weight is 194 g/mol. The van der Waals surface area contributed by atoms with Gasteiger partial charge in [0.2, 0.25) is 0 Å². The molecule has 3 nitrogen and oxygen atoms in total. The maximum atomic E-state index is 11.2. The summed E-state index contributed by atoms with van der Waals surface area (Å²) in [6.45, 7) is 1.50. The highest BCUT2D eigenvalue weighted by molar-refractivity contribution is 5.80. The lowest BCUT2D eigenvalue weighted by Crippen LogP contribution is -2.01. The molecule has 0 aliphatic rings. The monoisotopic (exact) mass is 194 g/mol. The SMILES string of the molecule is CCC(=O)Cc1cccc(OCO)c1. The topological polar surface area (TPSA) is 46.5 Å². The predicted molar refractivity (Wildman–Crippen MR) is 53.2 cm³/mol. The molecule has 0 spiro atoms. The lowest BCUT2D eigenvalue weighted by molar-refractivity contribution is -0.118. The van der Waals surface area contributed by atoms with Gasteiger partial charge in [-0.25, -0.2) is 0 Å². The van der Waals surface area contributed by atoms with Crippen LogP contribution >= 0.6 is 0 Å². The van der Waals surface area contributed by atoms with E-state index in [1.54, 1.807) is 12.1 Å². The van der Waals surface area contributed by atoms with E-state index in [0.29, 0.717) is 18.6 Å². The quantitative estimate of drug-likeness (QED) is 0.723. The maximum Gasteiger partial charge on any atom is 0.186 e. The van der Waals surface area contributed by atoms with E-state index in [9.17, 15) is 4.79 Å². The van der Waals surface area contributed by atoms with E-state index in [4.69, 9.17) is 9.84 Å². The molecule has 0 amide bonds. The molecule has 76 valence electrons. The molecular weight excluding hydrogens is 180 g/mol. The summed E-state index contributed by atoms with van der Waals surface area (Å²) in [4.78, 5) is 11.2. The molecule has 1 aromatic rings. The van der Waals surface area contributed by atoms with Crippen molar-refractivity contribution in [1.29, 1.82) is 0 Å². The third-order valence-corrected chi connectivity index (χ3v) is 1.93. The van der Waals surface area contributed by atoms with Crippen LogP contribution in [-0.4, -0.2) is 17.7 Å². The second kappa shape index (κ2) is 5.40. The lowest BCUT2D eigenvalue weighted by Gasteiger charge is -2.04. The minimum Gasteiger partial charge on any atom is -0.468 e. The number of carbonyl (C=O) groups excluding carboxylic acids is 1. The fourth-order valence-corrected chi connectivity index (χ4v) is 1.17. The molecule has 0 atom stereocenters. The Morgan fingerprint density at radius 2 is 2.29 bits per heavy atom. The fraction of sp³-hybridized carbons (Fsp3) is 0.364. The highest BCUT2D eigenvalue weighted by Gasteiger charge is 2.01. The normalized spacial score (nSPS) is 9.86. The van der Waals surface area contributed by atoms with E-state index >= 15 is 0 Å². The zero-order valence-electron chi connectivity index (χ0n) is 8.19. The minimum atomic E-state index is -0.342. The van der Waals surface area contributed by atoms with Gasteiger partial charge in [0.05, 0.1) is 0 Å². The minimum absolute atomic E-state index is 0.200. The van der Waals surface area contributed by atoms with Gasteiger partial charge < -0.3 is 9.84 Å². The number of aliphatic hydroxyl groups excluding tert-OH is 1. The second-order valence-corrected chi connectivity index (χ2v) is 2.99. The van der Waals surface area contributed by atoms with Crippen LogP contribution < -0.4 is 4.74 Å². The van der Waals surface area contributed by atoms with Crippen LogP contribution in [0.3, 0.4) is 0 Å². The molecule has 0 heterocycles. The van der Waals surface area contributed by atoms with Crippen LogP contribution in [0.4, 0.5) is 0 Å². The maximum absolute atomic E-state index is 11.2. The third kappa shape index (κ3) is 3.18. The van der Waals surface area contributed by atoms with E-state index in [1.807, 2.05) is 19.1 Å². The van der Waals surface area contributed by atoms with Crippen molar-refractivity contribution in [2.24, 2.45) is 0 Å². The Labute approximate surface area is 83.3 Å². The van der Waals surface area contributed by atoms with Gasteiger partial charge in [-0.2, -0.15) is 0 Å². The first-order valence-electron chi connectivity index (χ1n) is 4.60. The highest BCUT2D eigenvalue weighted by Crippen LogP contribution is 2.13. The van der Waals surface area contributed by atoms with E-state index in [-0.39, 0.29) is 12.6 Å². The standard InChI is InChI=1S/C11H14O3/c1-2-10(13)6-9-4-3-5-11(7-9)14-8-12/h3-5,7,12H,2,6,8H2,1H3. The Morgan fingerprint density at radius 1 is 1.50 bits per heavy atom. The summed E-state index contributed by atoms with van der Waals surface area (Å²) < 4.78 is 4.91. The van der Waals surface area contributed by atoms with Crippen molar-refractivity contribution in [2.45, 2.75) is 19.8 Å². The van der Waals surface area contributed by atoms with Gasteiger partial charge in [-0.05, 0) is 17.7 Å². The van der Waals surface area contributed by atoms with Crippen LogP contribution in [0.1, 0.15) is 18.9 Å². The number of benzene rings is 1. The first kappa shape index (κ1) is 10.7. The van der Waals surface area contributed by atoms with Crippen molar-refractivity contribution < 1.29 is 14.6 Å². The number of rotatable bonds is 5. The van der Waals surface area contributed by atoms with Gasteiger partial charge in [0.25, 0.3) is 0 Å². The average Bonchev–Trinajstić information content (AvgIpc) is 2.19. The Morgan fingerprint density at radius 3 is 2.93 bits per heavy atom. The Kier molecular flexibility index (Phi) is 4.13. The number of Topliss-reactive ketones (excluding diaryl/α,β-unsaturated/α-hetero) is 1. The Bertz CT molecular complexity index is 307. The summed E-state index contributed by atoms with van der Waals surface area (Å²) in [7, 11) is 0. The van der Waals surface area contributed by atoms with Gasteiger partial charge in [-0.1, -0.05) is 19.1 Å². The largest absolute Gasteiger partial charge is 0.468 e. The Hall–Kier alpha value is -1.35. The van der Waals surface area contributed by atoms with Gasteiger partial charge >= 0.3 is 0 Å². The highest BCUT2D eigenvalue weighted by atomic mass is 16.6.